The monoisotopic (exact) mass is 664 g/mol. The number of morpholine rings is 1. The van der Waals surface area contributed by atoms with Crippen LogP contribution in [-0.4, -0.2) is 72.7 Å². The van der Waals surface area contributed by atoms with Crippen molar-refractivity contribution in [3.8, 4) is 5.69 Å². The maximum absolute atomic E-state index is 13.6. The maximum Gasteiger partial charge on any atom is 0.411 e. The largest absolute Gasteiger partial charge is 0.467 e. The first-order valence-corrected chi connectivity index (χ1v) is 14.8. The van der Waals surface area contributed by atoms with Crippen molar-refractivity contribution >= 4 is 29.2 Å². The topological polar surface area (TPSA) is 121 Å². The number of carbonyl (C=O) groups excluding carboxylic acids is 2. The van der Waals surface area contributed by atoms with Gasteiger partial charge in [-0.3, -0.25) is 14.2 Å². The van der Waals surface area contributed by atoms with Gasteiger partial charge in [0.05, 0.1) is 55.4 Å². The molecule has 2 aliphatic rings. The Kier molecular flexibility index (Phi) is 9.61. The molecule has 0 aliphatic carbocycles. The number of esters is 1. The van der Waals surface area contributed by atoms with Gasteiger partial charge in [0.25, 0.3) is 11.5 Å². The van der Waals surface area contributed by atoms with E-state index in [1.807, 2.05) is 0 Å². The number of halogens is 4. The zero-order valence-electron chi connectivity index (χ0n) is 25.3. The van der Waals surface area contributed by atoms with Crippen molar-refractivity contribution in [1.29, 1.82) is 0 Å². The Morgan fingerprint density at radius 1 is 1.11 bits per heavy atom. The number of hydrogen-bond donors (Lipinski definition) is 1. The van der Waals surface area contributed by atoms with Crippen LogP contribution in [0.4, 0.5) is 18.9 Å². The molecule has 11 nitrogen and oxygen atoms in total. The predicted molar refractivity (Wildman–Crippen MR) is 162 cm³/mol. The second-order valence-electron chi connectivity index (χ2n) is 11.1. The number of fused-ring (bicyclic) bond motifs is 1. The molecule has 5 rings (SSSR count). The molecule has 46 heavy (non-hydrogen) atoms. The fraction of sp³-hybridized carbons (Fsp3) is 0.419. The number of amides is 1. The molecule has 0 bridgehead atoms. The smallest absolute Gasteiger partial charge is 0.411 e. The molecule has 3 heterocycles. The number of methoxy groups -OCH3 is 1. The molecule has 0 radical (unpaired) electrons. The summed E-state index contributed by atoms with van der Waals surface area (Å²) in [6.45, 7) is 1.62. The number of aryl methyl sites for hydroxylation is 1. The average Bonchev–Trinajstić information content (AvgIpc) is 3.03. The Labute approximate surface area is 266 Å². The molecule has 15 heteroatoms. The van der Waals surface area contributed by atoms with Crippen molar-refractivity contribution in [2.75, 3.05) is 38.4 Å². The number of hydrogen-bond acceptors (Lipinski definition) is 8. The Morgan fingerprint density at radius 2 is 1.83 bits per heavy atom. The van der Waals surface area contributed by atoms with Gasteiger partial charge in [-0.2, -0.15) is 13.2 Å². The number of carbonyl (C=O) groups is 2. The van der Waals surface area contributed by atoms with Crippen molar-refractivity contribution < 1.29 is 37.0 Å². The zero-order chi connectivity index (χ0) is 33.3. The molecule has 1 saturated heterocycles. The van der Waals surface area contributed by atoms with E-state index in [9.17, 15) is 32.3 Å². The van der Waals surface area contributed by atoms with Crippen molar-refractivity contribution in [2.24, 2.45) is 7.05 Å². The number of rotatable bonds is 7. The van der Waals surface area contributed by atoms with E-state index in [1.165, 1.54) is 30.7 Å². The normalized spacial score (nSPS) is 17.3. The molecule has 1 amide bonds. The minimum Gasteiger partial charge on any atom is -0.467 e. The van der Waals surface area contributed by atoms with Crippen LogP contribution >= 0.6 is 11.6 Å². The fourth-order valence-corrected chi connectivity index (χ4v) is 6.14. The minimum atomic E-state index is -4.54. The van der Waals surface area contributed by atoms with E-state index >= 15 is 0 Å². The van der Waals surface area contributed by atoms with Crippen molar-refractivity contribution in [3.05, 3.63) is 90.2 Å². The van der Waals surface area contributed by atoms with Crippen LogP contribution in [0, 0.1) is 6.92 Å². The van der Waals surface area contributed by atoms with Gasteiger partial charge in [0, 0.05) is 37.8 Å². The second-order valence-corrected chi connectivity index (χ2v) is 11.5. The molecule has 246 valence electrons. The van der Waals surface area contributed by atoms with Gasteiger partial charge in [-0.25, -0.2) is 14.2 Å². The van der Waals surface area contributed by atoms with Gasteiger partial charge in [-0.05, 0) is 42.3 Å². The number of anilines is 1. The van der Waals surface area contributed by atoms with Crippen LogP contribution in [0.15, 0.2) is 46.0 Å². The van der Waals surface area contributed by atoms with Crippen molar-refractivity contribution in [1.82, 2.24) is 14.5 Å². The van der Waals surface area contributed by atoms with Gasteiger partial charge in [-0.15, -0.1) is 0 Å². The second kappa shape index (κ2) is 13.3. The first-order chi connectivity index (χ1) is 21.8. The van der Waals surface area contributed by atoms with Crippen LogP contribution < -0.4 is 21.5 Å². The maximum atomic E-state index is 13.6. The quantitative estimate of drug-likeness (QED) is 0.383. The number of aromatic nitrogens is 2. The summed E-state index contributed by atoms with van der Waals surface area (Å²) in [6, 6.07) is 6.05. The van der Waals surface area contributed by atoms with Crippen LogP contribution in [0.2, 0.25) is 5.02 Å². The zero-order valence-corrected chi connectivity index (χ0v) is 26.0. The Morgan fingerprint density at radius 3 is 2.48 bits per heavy atom. The molecule has 2 aliphatic heterocycles. The van der Waals surface area contributed by atoms with Crippen LogP contribution in [0.5, 0.6) is 0 Å². The number of benzene rings is 2. The molecule has 0 saturated carbocycles. The molecule has 2 atom stereocenters. The molecule has 1 aromatic heterocycles. The first kappa shape index (κ1) is 33.2. The molecule has 0 unspecified atom stereocenters. The summed E-state index contributed by atoms with van der Waals surface area (Å²) in [5, 5.41) is 2.53. The van der Waals surface area contributed by atoms with Gasteiger partial charge >= 0.3 is 17.8 Å². The molecular formula is C31H32ClF3N4O7. The number of nitrogens with zero attached hydrogens (tertiary/aromatic N) is 3. The first-order valence-electron chi connectivity index (χ1n) is 14.4. The highest BCUT2D eigenvalue weighted by molar-refractivity contribution is 6.34. The third-order valence-corrected chi connectivity index (χ3v) is 8.48. The van der Waals surface area contributed by atoms with Crippen LogP contribution in [0.3, 0.4) is 0 Å². The fourth-order valence-electron chi connectivity index (χ4n) is 5.79. The molecule has 1 fully saturated rings. The third-order valence-electron chi connectivity index (χ3n) is 8.18. The van der Waals surface area contributed by atoms with Crippen molar-refractivity contribution in [2.45, 2.75) is 44.6 Å². The van der Waals surface area contributed by atoms with Gasteiger partial charge in [0.1, 0.15) is 12.1 Å². The van der Waals surface area contributed by atoms with E-state index in [2.05, 4.69) is 5.32 Å². The van der Waals surface area contributed by atoms with Gasteiger partial charge in [-0.1, -0.05) is 23.7 Å². The minimum absolute atomic E-state index is 0.00176. The third kappa shape index (κ3) is 6.55. The summed E-state index contributed by atoms with van der Waals surface area (Å²) < 4.78 is 58.8. The van der Waals surface area contributed by atoms with E-state index in [-0.39, 0.29) is 42.5 Å². The molecule has 1 N–H and O–H groups in total. The Balaban J connectivity index is 1.36. The number of ether oxygens (including phenoxy) is 3. The highest BCUT2D eigenvalue weighted by Crippen LogP contribution is 2.34. The molecule has 3 aromatic rings. The number of alkyl halides is 3. The lowest BCUT2D eigenvalue weighted by Gasteiger charge is -2.38. The Bertz CT molecular complexity index is 1750. The highest BCUT2D eigenvalue weighted by atomic mass is 35.5. The van der Waals surface area contributed by atoms with E-state index in [4.69, 9.17) is 25.8 Å². The highest BCUT2D eigenvalue weighted by Gasteiger charge is 2.45. The lowest BCUT2D eigenvalue weighted by Crippen LogP contribution is -2.53. The van der Waals surface area contributed by atoms with Gasteiger partial charge in [0.2, 0.25) is 0 Å². The summed E-state index contributed by atoms with van der Waals surface area (Å²) in [5.41, 5.74) is 1.48. The summed E-state index contributed by atoms with van der Waals surface area (Å²) in [4.78, 5) is 53.4. The van der Waals surface area contributed by atoms with E-state index in [1.54, 1.807) is 31.3 Å². The summed E-state index contributed by atoms with van der Waals surface area (Å²) >= 11 is 6.45. The predicted octanol–water partition coefficient (Wildman–Crippen LogP) is 2.85. The van der Waals surface area contributed by atoms with Gasteiger partial charge in [0.15, 0.2) is 0 Å². The van der Waals surface area contributed by atoms with Crippen LogP contribution in [0.25, 0.3) is 5.69 Å². The van der Waals surface area contributed by atoms with Crippen LogP contribution in [-0.2, 0) is 45.5 Å². The summed E-state index contributed by atoms with van der Waals surface area (Å²) in [6.07, 6.45) is -4.10. The lowest BCUT2D eigenvalue weighted by atomic mass is 10.0. The molecule has 0 spiro atoms. The Hall–Kier alpha value is -4.14. The van der Waals surface area contributed by atoms with E-state index < -0.39 is 48.0 Å². The number of nitrogens with one attached hydrogen (secondary N) is 1. The summed E-state index contributed by atoms with van der Waals surface area (Å²) in [5.74, 6) is -1.47. The van der Waals surface area contributed by atoms with E-state index in [0.717, 1.165) is 9.47 Å². The summed E-state index contributed by atoms with van der Waals surface area (Å²) in [7, 11) is 2.77. The van der Waals surface area contributed by atoms with E-state index in [0.29, 0.717) is 41.1 Å². The van der Waals surface area contributed by atoms with Crippen LogP contribution in [0.1, 0.15) is 32.7 Å². The lowest BCUT2D eigenvalue weighted by molar-refractivity contribution is -0.167. The van der Waals surface area contributed by atoms with Crippen molar-refractivity contribution in [3.63, 3.8) is 0 Å². The average molecular weight is 665 g/mol. The molecular weight excluding hydrogens is 633 g/mol. The SMILES string of the molecule is COC(=O)[C@H](Cc1ccc(-n2c(=O)c3c(n(C)c2=O)CCOC3)cc1)NC(=O)c1c(C)cc(N2CCOC[C@@H]2C(F)(F)F)cc1Cl. The van der Waals surface area contributed by atoms with Gasteiger partial charge < -0.3 is 24.4 Å². The molecule has 2 aromatic carbocycles. The standard InChI is InChI=1S/C31H32ClF3N4O7/c1-17-12-20(38-9-11-46-16-25(38)31(33,34)35)14-22(32)26(17)27(40)36-23(29(42)44-3)13-18-4-6-19(7-5-18)39-28(41)21-15-45-10-8-24(21)37(2)30(39)43/h4-7,12,14,23,25H,8-11,13,15-16H2,1-3H3,(H,36,40)/t23-,25+/m0/s1.